The standard InChI is InChI=1S/C15H23NO2/c1-5-9-15(2,3)16-14(17)13-8-6-7-12(10-13)11-18-4/h6-8,10H,5,9,11H2,1-4H3,(H,16,17). The summed E-state index contributed by atoms with van der Waals surface area (Å²) in [6.45, 7) is 6.74. The molecule has 0 spiro atoms. The fourth-order valence-electron chi connectivity index (χ4n) is 2.04. The zero-order valence-electron chi connectivity index (χ0n) is 11.7. The van der Waals surface area contributed by atoms with Gasteiger partial charge in [-0.25, -0.2) is 0 Å². The number of carbonyl (C=O) groups excluding carboxylic acids is 1. The number of amides is 1. The molecular formula is C15H23NO2. The van der Waals surface area contributed by atoms with Gasteiger partial charge in [-0.2, -0.15) is 0 Å². The van der Waals surface area contributed by atoms with Crippen molar-refractivity contribution in [2.45, 2.75) is 45.8 Å². The molecule has 0 aliphatic carbocycles. The van der Waals surface area contributed by atoms with Gasteiger partial charge in [0.25, 0.3) is 5.91 Å². The monoisotopic (exact) mass is 249 g/mol. The van der Waals surface area contributed by atoms with E-state index < -0.39 is 0 Å². The second-order valence-electron chi connectivity index (χ2n) is 5.22. The van der Waals surface area contributed by atoms with Gasteiger partial charge >= 0.3 is 0 Å². The van der Waals surface area contributed by atoms with E-state index in [0.717, 1.165) is 18.4 Å². The maximum absolute atomic E-state index is 12.1. The van der Waals surface area contributed by atoms with Crippen LogP contribution in [0.1, 0.15) is 49.5 Å². The summed E-state index contributed by atoms with van der Waals surface area (Å²) in [6, 6.07) is 7.55. The van der Waals surface area contributed by atoms with Crippen LogP contribution in [0.2, 0.25) is 0 Å². The topological polar surface area (TPSA) is 38.3 Å². The SMILES string of the molecule is CCCC(C)(C)NC(=O)c1cccc(COC)c1. The zero-order valence-corrected chi connectivity index (χ0v) is 11.7. The Labute approximate surface area is 110 Å². The van der Waals surface area contributed by atoms with Gasteiger partial charge in [-0.05, 0) is 38.0 Å². The third-order valence-electron chi connectivity index (χ3n) is 2.83. The average Bonchev–Trinajstić information content (AvgIpc) is 2.29. The van der Waals surface area contributed by atoms with E-state index in [-0.39, 0.29) is 11.4 Å². The van der Waals surface area contributed by atoms with E-state index in [2.05, 4.69) is 12.2 Å². The highest BCUT2D eigenvalue weighted by Crippen LogP contribution is 2.13. The summed E-state index contributed by atoms with van der Waals surface area (Å²) < 4.78 is 5.07. The first-order valence-electron chi connectivity index (χ1n) is 6.39. The van der Waals surface area contributed by atoms with Crippen molar-refractivity contribution < 1.29 is 9.53 Å². The van der Waals surface area contributed by atoms with E-state index in [1.54, 1.807) is 7.11 Å². The minimum absolute atomic E-state index is 0.0218. The quantitative estimate of drug-likeness (QED) is 0.841. The molecule has 1 N–H and O–H groups in total. The molecule has 0 aliphatic rings. The van der Waals surface area contributed by atoms with Crippen molar-refractivity contribution in [2.75, 3.05) is 7.11 Å². The number of hydrogen-bond donors (Lipinski definition) is 1. The van der Waals surface area contributed by atoms with Crippen molar-refractivity contribution in [3.05, 3.63) is 35.4 Å². The molecule has 0 saturated heterocycles. The van der Waals surface area contributed by atoms with Crippen molar-refractivity contribution in [3.63, 3.8) is 0 Å². The molecule has 0 aromatic heterocycles. The normalized spacial score (nSPS) is 11.3. The Kier molecular flexibility index (Phi) is 5.35. The Morgan fingerprint density at radius 1 is 1.39 bits per heavy atom. The van der Waals surface area contributed by atoms with Crippen molar-refractivity contribution in [1.82, 2.24) is 5.32 Å². The summed E-state index contributed by atoms with van der Waals surface area (Å²) >= 11 is 0. The molecule has 3 heteroatoms. The molecule has 0 bridgehead atoms. The lowest BCUT2D eigenvalue weighted by atomic mass is 9.98. The van der Waals surface area contributed by atoms with Gasteiger partial charge in [0.15, 0.2) is 0 Å². The van der Waals surface area contributed by atoms with E-state index in [4.69, 9.17) is 4.74 Å². The van der Waals surface area contributed by atoms with E-state index in [1.807, 2.05) is 38.1 Å². The number of benzene rings is 1. The summed E-state index contributed by atoms with van der Waals surface area (Å²) in [7, 11) is 1.65. The van der Waals surface area contributed by atoms with Crippen molar-refractivity contribution in [3.8, 4) is 0 Å². The minimum Gasteiger partial charge on any atom is -0.380 e. The highest BCUT2D eigenvalue weighted by Gasteiger charge is 2.19. The Balaban J connectivity index is 2.75. The molecule has 0 atom stereocenters. The van der Waals surface area contributed by atoms with Crippen LogP contribution >= 0.6 is 0 Å². The van der Waals surface area contributed by atoms with Crippen molar-refractivity contribution in [2.24, 2.45) is 0 Å². The van der Waals surface area contributed by atoms with Gasteiger partial charge in [0, 0.05) is 18.2 Å². The Bertz CT molecular complexity index is 399. The molecule has 0 aliphatic heterocycles. The minimum atomic E-state index is -0.164. The first-order valence-corrected chi connectivity index (χ1v) is 6.39. The molecule has 0 radical (unpaired) electrons. The maximum Gasteiger partial charge on any atom is 0.251 e. The van der Waals surface area contributed by atoms with E-state index in [0.29, 0.717) is 12.2 Å². The molecule has 0 fully saturated rings. The third kappa shape index (κ3) is 4.49. The number of rotatable bonds is 6. The molecule has 1 aromatic rings. The smallest absolute Gasteiger partial charge is 0.251 e. The summed E-state index contributed by atoms with van der Waals surface area (Å²) in [4.78, 5) is 12.1. The highest BCUT2D eigenvalue weighted by molar-refractivity contribution is 5.94. The molecule has 100 valence electrons. The van der Waals surface area contributed by atoms with Crippen LogP contribution in [0.25, 0.3) is 0 Å². The predicted octanol–water partition coefficient (Wildman–Crippen LogP) is 3.14. The third-order valence-corrected chi connectivity index (χ3v) is 2.83. The molecule has 0 unspecified atom stereocenters. The Hall–Kier alpha value is -1.35. The first kappa shape index (κ1) is 14.7. The zero-order chi connectivity index (χ0) is 13.6. The Morgan fingerprint density at radius 3 is 2.72 bits per heavy atom. The average molecular weight is 249 g/mol. The second-order valence-corrected chi connectivity index (χ2v) is 5.22. The van der Waals surface area contributed by atoms with E-state index in [1.165, 1.54) is 0 Å². The number of nitrogens with one attached hydrogen (secondary N) is 1. The van der Waals surface area contributed by atoms with Gasteiger partial charge in [0.05, 0.1) is 6.61 Å². The van der Waals surface area contributed by atoms with E-state index in [9.17, 15) is 4.79 Å². The number of hydrogen-bond acceptors (Lipinski definition) is 2. The second kappa shape index (κ2) is 6.55. The van der Waals surface area contributed by atoms with Crippen LogP contribution in [-0.4, -0.2) is 18.6 Å². The van der Waals surface area contributed by atoms with Gasteiger partial charge in [0.1, 0.15) is 0 Å². The van der Waals surface area contributed by atoms with Crippen LogP contribution in [-0.2, 0) is 11.3 Å². The summed E-state index contributed by atoms with van der Waals surface area (Å²) in [5.74, 6) is -0.0218. The van der Waals surface area contributed by atoms with Gasteiger partial charge in [-0.1, -0.05) is 25.5 Å². The lowest BCUT2D eigenvalue weighted by Gasteiger charge is -2.25. The highest BCUT2D eigenvalue weighted by atomic mass is 16.5. The van der Waals surface area contributed by atoms with Gasteiger partial charge in [-0.3, -0.25) is 4.79 Å². The number of methoxy groups -OCH3 is 1. The number of carbonyl (C=O) groups is 1. The summed E-state index contributed by atoms with van der Waals surface area (Å²) in [5.41, 5.74) is 1.54. The van der Waals surface area contributed by atoms with Crippen molar-refractivity contribution >= 4 is 5.91 Å². The van der Waals surface area contributed by atoms with Crippen LogP contribution in [0.4, 0.5) is 0 Å². The van der Waals surface area contributed by atoms with E-state index >= 15 is 0 Å². The molecule has 1 rings (SSSR count). The van der Waals surface area contributed by atoms with Crippen LogP contribution in [0, 0.1) is 0 Å². The van der Waals surface area contributed by atoms with Gasteiger partial charge in [0.2, 0.25) is 0 Å². The van der Waals surface area contributed by atoms with Crippen molar-refractivity contribution in [1.29, 1.82) is 0 Å². The van der Waals surface area contributed by atoms with Crippen LogP contribution in [0.3, 0.4) is 0 Å². The molecule has 0 heterocycles. The first-order chi connectivity index (χ1) is 8.48. The van der Waals surface area contributed by atoms with Crippen LogP contribution < -0.4 is 5.32 Å². The molecule has 18 heavy (non-hydrogen) atoms. The van der Waals surface area contributed by atoms with Crippen LogP contribution in [0.15, 0.2) is 24.3 Å². The maximum atomic E-state index is 12.1. The largest absolute Gasteiger partial charge is 0.380 e. The number of ether oxygens (including phenoxy) is 1. The molecular weight excluding hydrogens is 226 g/mol. The molecule has 0 saturated carbocycles. The lowest BCUT2D eigenvalue weighted by Crippen LogP contribution is -2.43. The summed E-state index contributed by atoms with van der Waals surface area (Å²) in [6.07, 6.45) is 2.02. The fourth-order valence-corrected chi connectivity index (χ4v) is 2.04. The fraction of sp³-hybridized carbons (Fsp3) is 0.533. The summed E-state index contributed by atoms with van der Waals surface area (Å²) in [5, 5.41) is 3.06. The van der Waals surface area contributed by atoms with Gasteiger partial charge in [-0.15, -0.1) is 0 Å². The lowest BCUT2D eigenvalue weighted by molar-refractivity contribution is 0.0908. The molecule has 1 amide bonds. The molecule has 3 nitrogen and oxygen atoms in total. The molecule has 1 aromatic carbocycles. The predicted molar refractivity (Wildman–Crippen MR) is 73.6 cm³/mol. The van der Waals surface area contributed by atoms with Crippen LogP contribution in [0.5, 0.6) is 0 Å². The van der Waals surface area contributed by atoms with Gasteiger partial charge < -0.3 is 10.1 Å². The Morgan fingerprint density at radius 2 is 2.11 bits per heavy atom.